The normalized spacial score (nSPS) is 25.3. The second-order valence-electron chi connectivity index (χ2n) is 25.2. The minimum atomic E-state index is -2.43. The van der Waals surface area contributed by atoms with Crippen molar-refractivity contribution < 1.29 is 90.2 Å². The standard InChI is InChI=1S/C72H87F2N5O17/c1-3-11-68-95-60-41-53-54-40-56(73)55-39-51(80)26-28-70(55,2)72(54,74)61(83)42-71(53,69(60)96-68)62(84)45-94-46-77-64(86)23-21-59(82)57(38-47-12-5-4-6-13-47)78-66(88)22-20-52(81)43-76-65(87)27-30-90-32-34-92-36-37-93-35-33-91-31-29-75-63(85)24-25-67(89)79-44-50-16-8-7-14-48(50)18-19-49-15-9-10-17-58(49)79/h4-10,12-17,26,28,39,53-54,56-57,60-61,68-69,83H,3,11,20-25,27,29-38,40-46H2,1-2H3,(H,75,85)(H,76,87)(H,77,86)(H,78,88)/t53-,54-,56-,57-,60+,61-,68?,69?,70-,71-,72-/m0/s1. The Morgan fingerprint density at radius 2 is 1.35 bits per heavy atom. The average Bonchev–Trinajstić information content (AvgIpc) is 1.36. The third kappa shape index (κ3) is 17.9. The Morgan fingerprint density at radius 3 is 2.10 bits per heavy atom. The fraction of sp³-hybridized carbons (Fsp3) is 0.542. The van der Waals surface area contributed by atoms with Gasteiger partial charge < -0.3 is 64.4 Å². The number of carbonyl (C=O) groups excluding carboxylic acids is 9. The van der Waals surface area contributed by atoms with E-state index in [2.05, 4.69) is 33.1 Å². The fourth-order valence-electron chi connectivity index (χ4n) is 14.1. The van der Waals surface area contributed by atoms with Crippen LogP contribution in [-0.4, -0.2) is 180 Å². The van der Waals surface area contributed by atoms with E-state index in [0.29, 0.717) is 51.5 Å². The van der Waals surface area contributed by atoms with Gasteiger partial charge in [0.2, 0.25) is 29.5 Å². The summed E-state index contributed by atoms with van der Waals surface area (Å²) >= 11 is 0. The van der Waals surface area contributed by atoms with Gasteiger partial charge in [-0.3, -0.25) is 43.2 Å². The second-order valence-corrected chi connectivity index (χ2v) is 25.2. The Labute approximate surface area is 557 Å². The van der Waals surface area contributed by atoms with E-state index in [4.69, 9.17) is 33.2 Å². The van der Waals surface area contributed by atoms with Crippen LogP contribution < -0.4 is 26.2 Å². The molecule has 2 unspecified atom stereocenters. The lowest BCUT2D eigenvalue weighted by molar-refractivity contribution is -0.220. The number of benzene rings is 3. The number of halogens is 2. The van der Waals surface area contributed by atoms with Crippen molar-refractivity contribution in [1.29, 1.82) is 0 Å². The maximum Gasteiger partial charge on any atom is 0.227 e. The lowest BCUT2D eigenvalue weighted by Crippen LogP contribution is -2.70. The molecule has 96 heavy (non-hydrogen) atoms. The van der Waals surface area contributed by atoms with Crippen LogP contribution in [0.15, 0.2) is 103 Å². The largest absolute Gasteiger partial charge is 0.390 e. The third-order valence-corrected chi connectivity index (χ3v) is 19.0. The maximum atomic E-state index is 17.9. The summed E-state index contributed by atoms with van der Waals surface area (Å²) in [5.41, 5.74) is -1.67. The molecule has 3 saturated carbocycles. The number of alkyl halides is 2. The maximum absolute atomic E-state index is 17.9. The number of hydrogen-bond acceptors (Lipinski definition) is 17. The molecule has 1 saturated heterocycles. The molecule has 0 spiro atoms. The Hall–Kier alpha value is -7.73. The van der Waals surface area contributed by atoms with Crippen molar-refractivity contribution in [2.75, 3.05) is 84.2 Å². The summed E-state index contributed by atoms with van der Waals surface area (Å²) in [5.74, 6) is 0.476. The molecule has 6 aliphatic rings. The zero-order valence-electron chi connectivity index (χ0n) is 54.4. The van der Waals surface area contributed by atoms with E-state index in [1.165, 1.54) is 19.1 Å². The number of Topliss-reactive ketones (excluding diaryl/α,β-unsaturated/α-hetero) is 3. The Morgan fingerprint density at radius 1 is 0.708 bits per heavy atom. The molecule has 4 fully saturated rings. The molecule has 4 aliphatic carbocycles. The van der Waals surface area contributed by atoms with Crippen LogP contribution in [0.1, 0.15) is 113 Å². The molecule has 0 aromatic heterocycles. The van der Waals surface area contributed by atoms with Gasteiger partial charge in [0.15, 0.2) is 35.1 Å². The summed E-state index contributed by atoms with van der Waals surface area (Å²) in [4.78, 5) is 120. The number of hydrogen-bond donors (Lipinski definition) is 5. The quantitative estimate of drug-likeness (QED) is 0.0278. The van der Waals surface area contributed by atoms with E-state index >= 15 is 8.78 Å². The molecule has 2 heterocycles. The summed E-state index contributed by atoms with van der Waals surface area (Å²) in [6, 6.07) is 23.0. The van der Waals surface area contributed by atoms with Crippen LogP contribution in [-0.2, 0) is 89.3 Å². The number of aliphatic hydroxyl groups excluding tert-OH is 1. The number of anilines is 1. The number of para-hydroxylation sites is 1. The highest BCUT2D eigenvalue weighted by atomic mass is 19.1. The number of nitrogens with one attached hydrogen (secondary N) is 4. The van der Waals surface area contributed by atoms with Gasteiger partial charge in [0.1, 0.15) is 19.5 Å². The van der Waals surface area contributed by atoms with E-state index in [1.807, 2.05) is 55.5 Å². The van der Waals surface area contributed by atoms with Crippen molar-refractivity contribution >= 4 is 58.4 Å². The minimum absolute atomic E-state index is 0.0231. The molecule has 516 valence electrons. The molecule has 0 bridgehead atoms. The van der Waals surface area contributed by atoms with Gasteiger partial charge in [-0.15, -0.1) is 0 Å². The molecule has 3 aromatic rings. The van der Waals surface area contributed by atoms with Gasteiger partial charge in [-0.05, 0) is 92.0 Å². The van der Waals surface area contributed by atoms with E-state index in [0.717, 1.165) is 28.3 Å². The number of aliphatic hydroxyl groups is 1. The van der Waals surface area contributed by atoms with Gasteiger partial charge in [0.25, 0.3) is 0 Å². The second kappa shape index (κ2) is 34.5. The van der Waals surface area contributed by atoms with Crippen LogP contribution in [0, 0.1) is 34.5 Å². The first-order valence-corrected chi connectivity index (χ1v) is 33.2. The molecular formula is C72H87F2N5O17. The summed E-state index contributed by atoms with van der Waals surface area (Å²) in [7, 11) is 0. The van der Waals surface area contributed by atoms with Gasteiger partial charge >= 0.3 is 0 Å². The smallest absolute Gasteiger partial charge is 0.227 e. The lowest BCUT2D eigenvalue weighted by Gasteiger charge is -2.62. The van der Waals surface area contributed by atoms with Crippen molar-refractivity contribution in [2.45, 2.75) is 146 Å². The number of carbonyl (C=O) groups is 9. The minimum Gasteiger partial charge on any atom is -0.390 e. The summed E-state index contributed by atoms with van der Waals surface area (Å²) in [6.07, 6.45) is -2.27. The van der Waals surface area contributed by atoms with E-state index < -0.39 is 119 Å². The molecule has 2 aliphatic heterocycles. The highest BCUT2D eigenvalue weighted by molar-refractivity contribution is 6.01. The first-order chi connectivity index (χ1) is 46.3. The number of allylic oxidation sites excluding steroid dienone is 4. The van der Waals surface area contributed by atoms with Gasteiger partial charge in [0.05, 0.1) is 101 Å². The summed E-state index contributed by atoms with van der Waals surface area (Å²) in [6.45, 7) is 4.73. The van der Waals surface area contributed by atoms with E-state index in [9.17, 15) is 48.3 Å². The number of ether oxygens (including phenoxy) is 7. The molecule has 3 aromatic carbocycles. The molecule has 0 radical (unpaired) electrons. The van der Waals surface area contributed by atoms with Crippen LogP contribution in [0.4, 0.5) is 14.5 Å². The van der Waals surface area contributed by atoms with Crippen molar-refractivity contribution in [3.05, 3.63) is 125 Å². The predicted octanol–water partition coefficient (Wildman–Crippen LogP) is 5.31. The van der Waals surface area contributed by atoms with Crippen molar-refractivity contribution in [2.24, 2.45) is 22.7 Å². The number of ketones is 4. The van der Waals surface area contributed by atoms with Gasteiger partial charge in [0, 0.05) is 74.0 Å². The van der Waals surface area contributed by atoms with Crippen LogP contribution in [0.25, 0.3) is 0 Å². The average molecular weight is 1330 g/mol. The first-order valence-electron chi connectivity index (χ1n) is 33.2. The molecule has 9 rings (SSSR count). The van der Waals surface area contributed by atoms with Gasteiger partial charge in [-0.25, -0.2) is 8.78 Å². The van der Waals surface area contributed by atoms with Crippen LogP contribution in [0.2, 0.25) is 0 Å². The SMILES string of the molecule is CCCC1OC2[C@@H](C[C@H]3[C@@H]4C[C@H](F)C5=CC(=O)C=C[C@]5(C)[C@@]4(F)[C@@H](O)C[C@]23C(=O)COCNC(=O)CCC(=O)[C@H](Cc2ccccc2)NC(=O)CCC(=O)CNC(=O)CCOCCOCCOCCOCCNC(=O)CCC(=O)N2Cc3ccccc3C#Cc3ccccc32)O1. The van der Waals surface area contributed by atoms with Crippen LogP contribution >= 0.6 is 0 Å². The molecule has 22 nitrogen and oxygen atoms in total. The van der Waals surface area contributed by atoms with Crippen molar-refractivity contribution in [3.8, 4) is 11.8 Å². The Balaban J connectivity index is 0.599. The highest BCUT2D eigenvalue weighted by Crippen LogP contribution is 2.69. The Bertz CT molecular complexity index is 3410. The fourth-order valence-corrected chi connectivity index (χ4v) is 14.1. The molecular weight excluding hydrogens is 1240 g/mol. The van der Waals surface area contributed by atoms with Crippen molar-refractivity contribution in [1.82, 2.24) is 21.3 Å². The van der Waals surface area contributed by atoms with E-state index in [1.54, 1.807) is 35.2 Å². The number of nitrogens with zero attached hydrogens (tertiary/aromatic N) is 1. The zero-order valence-corrected chi connectivity index (χ0v) is 54.4. The molecule has 5 N–H and O–H groups in total. The van der Waals surface area contributed by atoms with Crippen LogP contribution in [0.5, 0.6) is 0 Å². The lowest BCUT2D eigenvalue weighted by atomic mass is 9.44. The number of amides is 5. The predicted molar refractivity (Wildman–Crippen MR) is 345 cm³/mol. The first kappa shape index (κ1) is 72.5. The van der Waals surface area contributed by atoms with Gasteiger partial charge in [-0.2, -0.15) is 0 Å². The number of rotatable bonds is 37. The molecule has 5 amide bonds. The van der Waals surface area contributed by atoms with Crippen LogP contribution in [0.3, 0.4) is 0 Å². The summed E-state index contributed by atoms with van der Waals surface area (Å²) < 4.78 is 74.5. The van der Waals surface area contributed by atoms with Gasteiger partial charge in [-0.1, -0.05) is 91.9 Å². The zero-order chi connectivity index (χ0) is 68.2. The Kier molecular flexibility index (Phi) is 26.0. The summed E-state index contributed by atoms with van der Waals surface area (Å²) in [5, 5.41) is 22.5. The number of fused-ring (bicyclic) bond motifs is 9. The van der Waals surface area contributed by atoms with Crippen molar-refractivity contribution in [3.63, 3.8) is 0 Å². The molecule has 11 atom stereocenters. The highest BCUT2D eigenvalue weighted by Gasteiger charge is 2.77. The van der Waals surface area contributed by atoms with E-state index in [-0.39, 0.29) is 128 Å². The molecule has 24 heteroatoms. The third-order valence-electron chi connectivity index (χ3n) is 19.0. The topological polar surface area (TPSA) is 290 Å². The monoisotopic (exact) mass is 1330 g/mol.